The third kappa shape index (κ3) is 14.9. The maximum absolute atomic E-state index is 3.52. The molecule has 0 aromatic heterocycles. The van der Waals surface area contributed by atoms with E-state index in [1.54, 1.807) is 0 Å². The van der Waals surface area contributed by atoms with Crippen LogP contribution >= 0.6 is 31.9 Å². The maximum Gasteiger partial charge on any atom is 0.0567 e. The van der Waals surface area contributed by atoms with Gasteiger partial charge in [-0.1, -0.05) is 84.1 Å². The third-order valence-corrected chi connectivity index (χ3v) is 4.25. The van der Waals surface area contributed by atoms with Gasteiger partial charge < -0.3 is 0 Å². The Morgan fingerprint density at radius 3 is 1.63 bits per heavy atom. The fourth-order valence-electron chi connectivity index (χ4n) is 2.51. The summed E-state index contributed by atoms with van der Waals surface area (Å²) in [7, 11) is 0. The van der Waals surface area contributed by atoms with Crippen molar-refractivity contribution in [3.05, 3.63) is 9.47 Å². The van der Waals surface area contributed by atoms with Gasteiger partial charge in [-0.15, -0.1) is 0 Å². The van der Waals surface area contributed by atoms with Crippen molar-refractivity contribution in [2.45, 2.75) is 90.9 Å². The average Bonchev–Trinajstić information content (AvgIpc) is 2.37. The summed E-state index contributed by atoms with van der Waals surface area (Å²) in [6.07, 6.45) is 19.0. The molecule has 2 heteroatoms. The molecule has 0 aromatic carbocycles. The highest BCUT2D eigenvalue weighted by molar-refractivity contribution is 9.28. The number of unbranched alkanes of at least 4 members (excludes halogenated alkanes) is 8. The second-order valence-electron chi connectivity index (χ2n) is 5.62. The van der Waals surface area contributed by atoms with Crippen molar-refractivity contribution >= 4 is 31.9 Å². The average molecular weight is 396 g/mol. The minimum Gasteiger partial charge on any atom is -0.0654 e. The molecule has 0 spiro atoms. The Balaban J connectivity index is 3.71. The van der Waals surface area contributed by atoms with Crippen molar-refractivity contribution in [2.24, 2.45) is 5.92 Å². The molecule has 0 saturated heterocycles. The first-order valence-corrected chi connectivity index (χ1v) is 9.82. The van der Waals surface area contributed by atoms with Crippen LogP contribution in [0.2, 0.25) is 0 Å². The molecule has 0 aromatic rings. The molecule has 0 bridgehead atoms. The van der Waals surface area contributed by atoms with E-state index >= 15 is 0 Å². The van der Waals surface area contributed by atoms with Gasteiger partial charge in [-0.3, -0.25) is 0 Å². The fraction of sp³-hybridized carbons (Fsp3) is 0.882. The van der Waals surface area contributed by atoms with Gasteiger partial charge in [-0.05, 0) is 50.6 Å². The molecule has 0 aliphatic heterocycles. The predicted molar refractivity (Wildman–Crippen MR) is 96.2 cm³/mol. The van der Waals surface area contributed by atoms with E-state index in [1.165, 1.54) is 77.0 Å². The topological polar surface area (TPSA) is 0 Å². The van der Waals surface area contributed by atoms with Crippen molar-refractivity contribution in [1.82, 2.24) is 0 Å². The third-order valence-electron chi connectivity index (χ3n) is 3.72. The lowest BCUT2D eigenvalue weighted by atomic mass is 9.94. The Bertz CT molecular complexity index is 207. The van der Waals surface area contributed by atoms with E-state index in [-0.39, 0.29) is 0 Å². The van der Waals surface area contributed by atoms with E-state index < -0.39 is 0 Å². The van der Waals surface area contributed by atoms with Gasteiger partial charge in [-0.2, -0.15) is 0 Å². The van der Waals surface area contributed by atoms with Gasteiger partial charge in [0.25, 0.3) is 0 Å². The first kappa shape index (κ1) is 19.7. The van der Waals surface area contributed by atoms with Crippen molar-refractivity contribution < 1.29 is 0 Å². The van der Waals surface area contributed by atoms with Gasteiger partial charge in [-0.25, -0.2) is 0 Å². The summed E-state index contributed by atoms with van der Waals surface area (Å²) in [6, 6.07) is 0. The molecule has 0 aliphatic carbocycles. The lowest BCUT2D eigenvalue weighted by molar-refractivity contribution is 0.469. The van der Waals surface area contributed by atoms with Crippen molar-refractivity contribution in [3.8, 4) is 0 Å². The molecule has 114 valence electrons. The zero-order valence-electron chi connectivity index (χ0n) is 12.9. The lowest BCUT2D eigenvalue weighted by Gasteiger charge is -2.13. The SMILES string of the molecule is CCCCCCCCC(C=C(Br)Br)CCCCCC. The number of allylic oxidation sites excluding steroid dienone is 1. The summed E-state index contributed by atoms with van der Waals surface area (Å²) in [5, 5.41) is 0. The van der Waals surface area contributed by atoms with Crippen LogP contribution in [0.3, 0.4) is 0 Å². The first-order chi connectivity index (χ1) is 9.20. The van der Waals surface area contributed by atoms with Crippen molar-refractivity contribution in [2.75, 3.05) is 0 Å². The second-order valence-corrected chi connectivity index (χ2v) is 8.39. The van der Waals surface area contributed by atoms with Crippen LogP contribution in [0.25, 0.3) is 0 Å². The summed E-state index contributed by atoms with van der Waals surface area (Å²) >= 11 is 7.04. The number of halogens is 2. The van der Waals surface area contributed by atoms with Crippen molar-refractivity contribution in [3.63, 3.8) is 0 Å². The normalized spacial score (nSPS) is 12.4. The quantitative estimate of drug-likeness (QED) is 0.277. The molecule has 0 saturated carbocycles. The zero-order chi connectivity index (χ0) is 14.3. The summed E-state index contributed by atoms with van der Waals surface area (Å²) in [5.74, 6) is 0.761. The van der Waals surface area contributed by atoms with E-state index in [0.717, 1.165) is 9.31 Å². The largest absolute Gasteiger partial charge is 0.0654 e. The van der Waals surface area contributed by atoms with Crippen LogP contribution in [0, 0.1) is 5.92 Å². The monoisotopic (exact) mass is 394 g/mol. The van der Waals surface area contributed by atoms with Gasteiger partial charge in [0, 0.05) is 0 Å². The Labute approximate surface area is 138 Å². The number of hydrogen-bond donors (Lipinski definition) is 0. The molecule has 0 N–H and O–H groups in total. The standard InChI is InChI=1S/C17H32Br2/c1-3-5-7-9-10-12-14-16(15-17(18)19)13-11-8-6-4-2/h15-16H,3-14H2,1-2H3. The summed E-state index contributed by atoms with van der Waals surface area (Å²) in [5.41, 5.74) is 0. The van der Waals surface area contributed by atoms with Crippen LogP contribution in [0.15, 0.2) is 9.47 Å². The Morgan fingerprint density at radius 2 is 1.16 bits per heavy atom. The van der Waals surface area contributed by atoms with Crippen LogP contribution in [0.4, 0.5) is 0 Å². The second kappa shape index (κ2) is 15.1. The number of rotatable bonds is 13. The summed E-state index contributed by atoms with van der Waals surface area (Å²) < 4.78 is 1.13. The van der Waals surface area contributed by atoms with Gasteiger partial charge in [0.2, 0.25) is 0 Å². The molecule has 0 amide bonds. The van der Waals surface area contributed by atoms with E-state index in [2.05, 4.69) is 51.8 Å². The van der Waals surface area contributed by atoms with Crippen LogP contribution in [-0.4, -0.2) is 0 Å². The van der Waals surface area contributed by atoms with E-state index in [9.17, 15) is 0 Å². The Hall–Kier alpha value is 0.700. The minimum absolute atomic E-state index is 0.761. The highest BCUT2D eigenvalue weighted by Crippen LogP contribution is 2.25. The zero-order valence-corrected chi connectivity index (χ0v) is 16.1. The number of hydrogen-bond acceptors (Lipinski definition) is 0. The van der Waals surface area contributed by atoms with Gasteiger partial charge in [0.1, 0.15) is 0 Å². The lowest BCUT2D eigenvalue weighted by Crippen LogP contribution is -1.97. The fourth-order valence-corrected chi connectivity index (χ4v) is 3.26. The highest BCUT2D eigenvalue weighted by Gasteiger charge is 2.06. The molecular formula is C17H32Br2. The van der Waals surface area contributed by atoms with Crippen molar-refractivity contribution in [1.29, 1.82) is 0 Å². The molecule has 0 heterocycles. The van der Waals surface area contributed by atoms with E-state index in [4.69, 9.17) is 0 Å². The molecule has 1 atom stereocenters. The van der Waals surface area contributed by atoms with E-state index in [1.807, 2.05) is 0 Å². The highest BCUT2D eigenvalue weighted by atomic mass is 79.9. The minimum atomic E-state index is 0.761. The molecule has 0 aliphatic rings. The molecule has 1 unspecified atom stereocenters. The maximum atomic E-state index is 3.52. The Morgan fingerprint density at radius 1 is 0.737 bits per heavy atom. The van der Waals surface area contributed by atoms with Crippen LogP contribution in [-0.2, 0) is 0 Å². The summed E-state index contributed by atoms with van der Waals surface area (Å²) in [6.45, 7) is 4.56. The molecule has 0 rings (SSSR count). The van der Waals surface area contributed by atoms with Crippen LogP contribution < -0.4 is 0 Å². The summed E-state index contributed by atoms with van der Waals surface area (Å²) in [4.78, 5) is 0. The molecular weight excluding hydrogens is 364 g/mol. The predicted octanol–water partition coefficient (Wildman–Crippen LogP) is 7.95. The van der Waals surface area contributed by atoms with Gasteiger partial charge >= 0.3 is 0 Å². The molecule has 0 radical (unpaired) electrons. The Kier molecular flexibility index (Phi) is 15.7. The smallest absolute Gasteiger partial charge is 0.0567 e. The van der Waals surface area contributed by atoms with E-state index in [0.29, 0.717) is 0 Å². The molecule has 0 nitrogen and oxygen atoms in total. The van der Waals surface area contributed by atoms with Crippen LogP contribution in [0.5, 0.6) is 0 Å². The van der Waals surface area contributed by atoms with Gasteiger partial charge in [0.05, 0.1) is 3.39 Å². The molecule has 0 fully saturated rings. The van der Waals surface area contributed by atoms with Crippen LogP contribution in [0.1, 0.15) is 90.9 Å². The molecule has 19 heavy (non-hydrogen) atoms. The van der Waals surface area contributed by atoms with Gasteiger partial charge in [0.15, 0.2) is 0 Å². The first-order valence-electron chi connectivity index (χ1n) is 8.23.